The second kappa shape index (κ2) is 9.28. The number of benzene rings is 1. The third-order valence-corrected chi connectivity index (χ3v) is 7.75. The molecule has 5 rings (SSSR count). The van der Waals surface area contributed by atoms with Crippen molar-refractivity contribution in [2.24, 2.45) is 0 Å². The predicted octanol–water partition coefficient (Wildman–Crippen LogP) is 3.89. The van der Waals surface area contributed by atoms with E-state index in [1.54, 1.807) is 4.57 Å². The molecule has 10 heteroatoms. The van der Waals surface area contributed by atoms with Crippen LogP contribution >= 0.6 is 23.1 Å². The lowest BCUT2D eigenvalue weighted by Crippen LogP contribution is -2.28. The third kappa shape index (κ3) is 4.18. The maximum Gasteiger partial charge on any atom is 0.272 e. The summed E-state index contributed by atoms with van der Waals surface area (Å²) in [6.45, 7) is 5.24. The van der Waals surface area contributed by atoms with E-state index in [0.717, 1.165) is 48.2 Å². The molecule has 1 atom stereocenters. The van der Waals surface area contributed by atoms with Crippen molar-refractivity contribution >= 4 is 50.7 Å². The van der Waals surface area contributed by atoms with Crippen LogP contribution in [0.5, 0.6) is 0 Å². The Hall–Kier alpha value is -2.69. The first-order valence-corrected chi connectivity index (χ1v) is 12.9. The van der Waals surface area contributed by atoms with Crippen LogP contribution in [0.1, 0.15) is 30.9 Å². The van der Waals surface area contributed by atoms with Crippen molar-refractivity contribution in [3.8, 4) is 0 Å². The summed E-state index contributed by atoms with van der Waals surface area (Å²) in [6, 6.07) is 7.93. The molecule has 4 aromatic rings. The van der Waals surface area contributed by atoms with E-state index in [1.807, 2.05) is 41.0 Å². The van der Waals surface area contributed by atoms with Crippen LogP contribution in [0.3, 0.4) is 0 Å². The minimum absolute atomic E-state index is 0.00404. The highest BCUT2D eigenvalue weighted by Gasteiger charge is 2.23. The molecule has 1 amide bonds. The van der Waals surface area contributed by atoms with Gasteiger partial charge in [-0.15, -0.1) is 21.5 Å². The van der Waals surface area contributed by atoms with Crippen LogP contribution in [-0.2, 0) is 22.5 Å². The largest absolute Gasteiger partial charge is 0.376 e. The average Bonchev–Trinajstić information content (AvgIpc) is 3.57. The molecule has 0 unspecified atom stereocenters. The fraction of sp³-hybridized carbons (Fsp3) is 0.391. The van der Waals surface area contributed by atoms with E-state index >= 15 is 0 Å². The summed E-state index contributed by atoms with van der Waals surface area (Å²) in [7, 11) is 0. The van der Waals surface area contributed by atoms with Crippen molar-refractivity contribution in [1.82, 2.24) is 19.2 Å². The molecule has 33 heavy (non-hydrogen) atoms. The fourth-order valence-corrected chi connectivity index (χ4v) is 5.82. The number of thiophene rings is 1. The molecule has 1 saturated heterocycles. The first-order valence-electron chi connectivity index (χ1n) is 11.0. The second-order valence-electron chi connectivity index (χ2n) is 8.10. The summed E-state index contributed by atoms with van der Waals surface area (Å²) < 4.78 is 9.95. The number of rotatable bonds is 7. The number of carbonyl (C=O) groups is 1. The van der Waals surface area contributed by atoms with E-state index in [9.17, 15) is 9.59 Å². The van der Waals surface area contributed by atoms with Gasteiger partial charge in [-0.05, 0) is 48.8 Å². The van der Waals surface area contributed by atoms with Crippen molar-refractivity contribution in [3.05, 3.63) is 51.1 Å². The zero-order valence-electron chi connectivity index (χ0n) is 18.5. The molecule has 3 aromatic heterocycles. The zero-order valence-corrected chi connectivity index (χ0v) is 20.2. The summed E-state index contributed by atoms with van der Waals surface area (Å²) in [5, 5.41) is 14.2. The molecule has 1 aromatic carbocycles. The van der Waals surface area contributed by atoms with Gasteiger partial charge in [0.05, 0.1) is 23.9 Å². The molecule has 4 heterocycles. The number of para-hydroxylation sites is 1. The number of amides is 1. The SMILES string of the molecule is CCc1cccc(C)c1NC(=O)CSc1nnc2n(C[C@@H]3CCCO3)c(=O)c3sccc3n12. The Kier molecular flexibility index (Phi) is 6.22. The number of carbonyl (C=O) groups excluding carboxylic acids is 1. The highest BCUT2D eigenvalue weighted by atomic mass is 32.2. The van der Waals surface area contributed by atoms with Crippen molar-refractivity contribution in [2.45, 2.75) is 50.9 Å². The number of aromatic nitrogens is 4. The van der Waals surface area contributed by atoms with Gasteiger partial charge in [0.15, 0.2) is 5.16 Å². The van der Waals surface area contributed by atoms with Crippen LogP contribution in [0.25, 0.3) is 16.0 Å². The van der Waals surface area contributed by atoms with Crippen LogP contribution in [0.15, 0.2) is 39.6 Å². The summed E-state index contributed by atoms with van der Waals surface area (Å²) in [4.78, 5) is 25.9. The van der Waals surface area contributed by atoms with Crippen molar-refractivity contribution < 1.29 is 9.53 Å². The highest BCUT2D eigenvalue weighted by molar-refractivity contribution is 7.99. The molecular weight excluding hydrogens is 458 g/mol. The molecule has 0 bridgehead atoms. The Morgan fingerprint density at radius 1 is 1.33 bits per heavy atom. The standard InChI is InChI=1S/C23H25N5O3S2/c1-3-15-7-4-6-14(2)19(15)24-18(29)13-33-23-26-25-22-27(12-16-8-5-10-31-16)21(30)20-17(28(22)23)9-11-32-20/h4,6-7,9,11,16H,3,5,8,10,12-13H2,1-2H3,(H,24,29)/t16-/m0/s1. The van der Waals surface area contributed by atoms with Gasteiger partial charge in [-0.3, -0.25) is 18.6 Å². The number of nitrogens with zero attached hydrogens (tertiary/aromatic N) is 4. The van der Waals surface area contributed by atoms with Crippen molar-refractivity contribution in [1.29, 1.82) is 0 Å². The molecular formula is C23H25N5O3S2. The lowest BCUT2D eigenvalue weighted by Gasteiger charge is -2.14. The van der Waals surface area contributed by atoms with Crippen LogP contribution in [0, 0.1) is 6.92 Å². The van der Waals surface area contributed by atoms with E-state index < -0.39 is 0 Å². The summed E-state index contributed by atoms with van der Waals surface area (Å²) >= 11 is 2.72. The van der Waals surface area contributed by atoms with E-state index in [1.165, 1.54) is 23.1 Å². The molecule has 0 aliphatic carbocycles. The lowest BCUT2D eigenvalue weighted by atomic mass is 10.1. The number of hydrogen-bond donors (Lipinski definition) is 1. The Bertz CT molecular complexity index is 1380. The summed E-state index contributed by atoms with van der Waals surface area (Å²) in [5.41, 5.74) is 3.72. The van der Waals surface area contributed by atoms with Gasteiger partial charge in [0.25, 0.3) is 5.56 Å². The van der Waals surface area contributed by atoms with Crippen molar-refractivity contribution in [3.63, 3.8) is 0 Å². The van der Waals surface area contributed by atoms with Gasteiger partial charge in [-0.25, -0.2) is 0 Å². The fourth-order valence-electron chi connectivity index (χ4n) is 4.26. The number of nitrogens with one attached hydrogen (secondary N) is 1. The first kappa shape index (κ1) is 22.1. The maximum atomic E-state index is 13.1. The Morgan fingerprint density at radius 3 is 3.00 bits per heavy atom. The van der Waals surface area contributed by atoms with Crippen LogP contribution < -0.4 is 10.9 Å². The minimum atomic E-state index is -0.102. The molecule has 0 spiro atoms. The first-order chi connectivity index (χ1) is 16.1. The number of thioether (sulfide) groups is 1. The Balaban J connectivity index is 1.43. The molecule has 8 nitrogen and oxygen atoms in total. The second-order valence-corrected chi connectivity index (χ2v) is 9.96. The van der Waals surface area contributed by atoms with Crippen molar-refractivity contribution in [2.75, 3.05) is 17.7 Å². The number of ether oxygens (including phenoxy) is 1. The quantitative estimate of drug-likeness (QED) is 0.401. The van der Waals surface area contributed by atoms with Gasteiger partial charge >= 0.3 is 0 Å². The van der Waals surface area contributed by atoms with E-state index in [4.69, 9.17) is 4.74 Å². The van der Waals surface area contributed by atoms with Crippen LogP contribution in [0.2, 0.25) is 0 Å². The van der Waals surface area contributed by atoms with E-state index in [0.29, 0.717) is 22.2 Å². The normalized spacial score (nSPS) is 16.1. The smallest absolute Gasteiger partial charge is 0.272 e. The van der Waals surface area contributed by atoms with Crippen LogP contribution in [-0.4, -0.2) is 43.5 Å². The van der Waals surface area contributed by atoms with Gasteiger partial charge in [0.1, 0.15) is 4.70 Å². The maximum absolute atomic E-state index is 13.1. The minimum Gasteiger partial charge on any atom is -0.376 e. The van der Waals surface area contributed by atoms with Gasteiger partial charge in [0, 0.05) is 12.3 Å². The zero-order chi connectivity index (χ0) is 22.9. The third-order valence-electron chi connectivity index (χ3n) is 5.93. The monoisotopic (exact) mass is 483 g/mol. The average molecular weight is 484 g/mol. The van der Waals surface area contributed by atoms with Gasteiger partial charge < -0.3 is 10.1 Å². The molecule has 172 valence electrons. The molecule has 0 radical (unpaired) electrons. The predicted molar refractivity (Wildman–Crippen MR) is 132 cm³/mol. The Morgan fingerprint density at radius 2 is 2.21 bits per heavy atom. The van der Waals surface area contributed by atoms with Gasteiger partial charge in [0.2, 0.25) is 11.7 Å². The highest BCUT2D eigenvalue weighted by Crippen LogP contribution is 2.26. The van der Waals surface area contributed by atoms with E-state index in [-0.39, 0.29) is 23.3 Å². The van der Waals surface area contributed by atoms with Gasteiger partial charge in [-0.1, -0.05) is 36.9 Å². The van der Waals surface area contributed by atoms with Crippen LogP contribution in [0.4, 0.5) is 5.69 Å². The van der Waals surface area contributed by atoms with E-state index in [2.05, 4.69) is 22.4 Å². The molecule has 1 fully saturated rings. The molecule has 0 saturated carbocycles. The lowest BCUT2D eigenvalue weighted by molar-refractivity contribution is -0.113. The molecule has 1 N–H and O–H groups in total. The number of aryl methyl sites for hydroxylation is 2. The Labute approximate surface area is 199 Å². The summed E-state index contributed by atoms with van der Waals surface area (Å²) in [5.74, 6) is 0.570. The van der Waals surface area contributed by atoms with Gasteiger partial charge in [-0.2, -0.15) is 0 Å². The summed E-state index contributed by atoms with van der Waals surface area (Å²) in [6.07, 6.45) is 2.78. The molecule has 1 aliphatic heterocycles. The number of anilines is 1. The topological polar surface area (TPSA) is 90.5 Å². The number of hydrogen-bond acceptors (Lipinski definition) is 7. The molecule has 1 aliphatic rings. The number of fused-ring (bicyclic) bond motifs is 3.